The first-order valence-electron chi connectivity index (χ1n) is 6.54. The number of hydrogen-bond donors (Lipinski definition) is 1. The van der Waals surface area contributed by atoms with E-state index in [1.165, 1.54) is 13.0 Å². The fraction of sp³-hybridized carbons (Fsp3) is 0.0588. The van der Waals surface area contributed by atoms with Crippen LogP contribution in [0.4, 0.5) is 5.69 Å². The van der Waals surface area contributed by atoms with E-state index >= 15 is 0 Å². The molecule has 0 fully saturated rings. The zero-order valence-electron chi connectivity index (χ0n) is 11.4. The molecule has 0 atom stereocenters. The van der Waals surface area contributed by atoms with Crippen LogP contribution >= 0.6 is 0 Å². The number of nitrogens with one attached hydrogen (secondary N) is 1. The van der Waals surface area contributed by atoms with Crippen LogP contribution in [0.5, 0.6) is 0 Å². The molecule has 0 saturated carbocycles. The molecule has 1 aromatic heterocycles. The summed E-state index contributed by atoms with van der Waals surface area (Å²) in [4.78, 5) is 23.3. The number of carbonyl (C=O) groups is 1. The van der Waals surface area contributed by atoms with Gasteiger partial charge < -0.3 is 9.73 Å². The lowest BCUT2D eigenvalue weighted by Gasteiger charge is -2.05. The third-order valence-electron chi connectivity index (χ3n) is 3.11. The molecular formula is C17H13NO3. The lowest BCUT2D eigenvalue weighted by molar-refractivity contribution is -0.114. The minimum atomic E-state index is -0.170. The van der Waals surface area contributed by atoms with Crippen molar-refractivity contribution in [2.45, 2.75) is 6.92 Å². The first-order valence-corrected chi connectivity index (χ1v) is 6.54. The van der Waals surface area contributed by atoms with E-state index in [0.717, 1.165) is 5.56 Å². The van der Waals surface area contributed by atoms with Crippen molar-refractivity contribution >= 4 is 22.6 Å². The Labute approximate surface area is 121 Å². The Morgan fingerprint density at radius 2 is 1.81 bits per heavy atom. The highest BCUT2D eigenvalue weighted by Gasteiger charge is 2.08. The normalized spacial score (nSPS) is 10.5. The zero-order chi connectivity index (χ0) is 14.8. The van der Waals surface area contributed by atoms with Crippen LogP contribution in [0.25, 0.3) is 22.3 Å². The fourth-order valence-corrected chi connectivity index (χ4v) is 2.18. The molecule has 1 amide bonds. The topological polar surface area (TPSA) is 59.3 Å². The first kappa shape index (κ1) is 13.1. The number of fused-ring (bicyclic) bond motifs is 1. The lowest BCUT2D eigenvalue weighted by atomic mass is 10.1. The first-order chi connectivity index (χ1) is 10.1. The summed E-state index contributed by atoms with van der Waals surface area (Å²) in [5, 5.41) is 3.16. The standard InChI is InChI=1S/C17H13NO3/c1-11(19)18-13-7-8-14-15(20)10-16(21-17(14)9-13)12-5-3-2-4-6-12/h2-10H,1H3,(H,18,19). The second-order valence-electron chi connectivity index (χ2n) is 4.73. The predicted octanol–water partition coefficient (Wildman–Crippen LogP) is 3.42. The molecule has 21 heavy (non-hydrogen) atoms. The molecule has 0 spiro atoms. The Balaban J connectivity index is 2.17. The molecule has 3 aromatic rings. The maximum absolute atomic E-state index is 12.2. The van der Waals surface area contributed by atoms with E-state index in [2.05, 4.69) is 5.32 Å². The summed E-state index contributed by atoms with van der Waals surface area (Å²) in [5.41, 5.74) is 1.78. The predicted molar refractivity (Wildman–Crippen MR) is 82.2 cm³/mol. The smallest absolute Gasteiger partial charge is 0.221 e. The van der Waals surface area contributed by atoms with Crippen molar-refractivity contribution in [3.63, 3.8) is 0 Å². The van der Waals surface area contributed by atoms with Gasteiger partial charge in [0.15, 0.2) is 5.43 Å². The van der Waals surface area contributed by atoms with E-state index in [0.29, 0.717) is 22.4 Å². The maximum Gasteiger partial charge on any atom is 0.221 e. The van der Waals surface area contributed by atoms with Gasteiger partial charge in [-0.25, -0.2) is 0 Å². The summed E-state index contributed by atoms with van der Waals surface area (Å²) in [6.07, 6.45) is 0. The van der Waals surface area contributed by atoms with Crippen LogP contribution in [0.15, 0.2) is 63.8 Å². The van der Waals surface area contributed by atoms with E-state index in [-0.39, 0.29) is 11.3 Å². The number of carbonyl (C=O) groups excluding carboxylic acids is 1. The molecule has 1 N–H and O–H groups in total. The van der Waals surface area contributed by atoms with Crippen LogP contribution in [0.3, 0.4) is 0 Å². The third-order valence-corrected chi connectivity index (χ3v) is 3.11. The van der Waals surface area contributed by atoms with Crippen LogP contribution in [-0.2, 0) is 4.79 Å². The van der Waals surface area contributed by atoms with Gasteiger partial charge in [0.1, 0.15) is 11.3 Å². The average Bonchev–Trinajstić information content (AvgIpc) is 2.47. The lowest BCUT2D eigenvalue weighted by Crippen LogP contribution is -2.06. The van der Waals surface area contributed by atoms with Crippen LogP contribution in [0, 0.1) is 0 Å². The van der Waals surface area contributed by atoms with Crippen LogP contribution in [0.2, 0.25) is 0 Å². The Hall–Kier alpha value is -2.88. The van der Waals surface area contributed by atoms with Crippen molar-refractivity contribution in [2.24, 2.45) is 0 Å². The van der Waals surface area contributed by atoms with Gasteiger partial charge in [-0.3, -0.25) is 9.59 Å². The van der Waals surface area contributed by atoms with Gasteiger partial charge in [-0.2, -0.15) is 0 Å². The molecule has 104 valence electrons. The Morgan fingerprint density at radius 1 is 1.05 bits per heavy atom. The van der Waals surface area contributed by atoms with E-state index in [9.17, 15) is 9.59 Å². The van der Waals surface area contributed by atoms with E-state index in [4.69, 9.17) is 4.42 Å². The molecule has 4 nitrogen and oxygen atoms in total. The second-order valence-corrected chi connectivity index (χ2v) is 4.73. The molecule has 4 heteroatoms. The van der Waals surface area contributed by atoms with Crippen LogP contribution < -0.4 is 10.7 Å². The molecule has 0 aliphatic rings. The summed E-state index contributed by atoms with van der Waals surface area (Å²) in [6, 6.07) is 15.9. The van der Waals surface area contributed by atoms with Crippen molar-refractivity contribution in [3.8, 4) is 11.3 Å². The van der Waals surface area contributed by atoms with Crippen LogP contribution in [-0.4, -0.2) is 5.91 Å². The van der Waals surface area contributed by atoms with Crippen molar-refractivity contribution in [1.29, 1.82) is 0 Å². The SMILES string of the molecule is CC(=O)Nc1ccc2c(=O)cc(-c3ccccc3)oc2c1. The van der Waals surface area contributed by atoms with Gasteiger partial charge in [-0.05, 0) is 12.1 Å². The van der Waals surface area contributed by atoms with Gasteiger partial charge >= 0.3 is 0 Å². The number of hydrogen-bond acceptors (Lipinski definition) is 3. The molecule has 3 rings (SSSR count). The number of amides is 1. The Bertz CT molecular complexity index is 866. The van der Waals surface area contributed by atoms with Gasteiger partial charge in [0.05, 0.1) is 5.39 Å². The summed E-state index contributed by atoms with van der Waals surface area (Å²) in [7, 11) is 0. The minimum absolute atomic E-state index is 0.107. The molecule has 0 unspecified atom stereocenters. The average molecular weight is 279 g/mol. The highest BCUT2D eigenvalue weighted by Crippen LogP contribution is 2.23. The van der Waals surface area contributed by atoms with Gasteiger partial charge in [0, 0.05) is 30.3 Å². The highest BCUT2D eigenvalue weighted by molar-refractivity contribution is 5.91. The third kappa shape index (κ3) is 2.69. The van der Waals surface area contributed by atoms with E-state index in [1.54, 1.807) is 18.2 Å². The van der Waals surface area contributed by atoms with Gasteiger partial charge in [-0.15, -0.1) is 0 Å². The minimum Gasteiger partial charge on any atom is -0.456 e. The van der Waals surface area contributed by atoms with Crippen molar-refractivity contribution < 1.29 is 9.21 Å². The monoisotopic (exact) mass is 279 g/mol. The summed E-state index contributed by atoms with van der Waals surface area (Å²) < 4.78 is 5.80. The van der Waals surface area contributed by atoms with Gasteiger partial charge in [0.2, 0.25) is 5.91 Å². The molecule has 1 heterocycles. The van der Waals surface area contributed by atoms with E-state index < -0.39 is 0 Å². The van der Waals surface area contributed by atoms with Crippen molar-refractivity contribution in [3.05, 3.63) is 64.8 Å². The second kappa shape index (κ2) is 5.25. The maximum atomic E-state index is 12.2. The number of rotatable bonds is 2. The summed E-state index contributed by atoms with van der Waals surface area (Å²) >= 11 is 0. The zero-order valence-corrected chi connectivity index (χ0v) is 11.4. The van der Waals surface area contributed by atoms with Crippen molar-refractivity contribution in [1.82, 2.24) is 0 Å². The quantitative estimate of drug-likeness (QED) is 0.782. The van der Waals surface area contributed by atoms with Gasteiger partial charge in [-0.1, -0.05) is 30.3 Å². The molecule has 0 bridgehead atoms. The number of benzene rings is 2. The Morgan fingerprint density at radius 3 is 2.52 bits per heavy atom. The summed E-state index contributed by atoms with van der Waals surface area (Å²) in [5.74, 6) is 0.337. The molecule has 0 aliphatic heterocycles. The largest absolute Gasteiger partial charge is 0.456 e. The van der Waals surface area contributed by atoms with Crippen LogP contribution in [0.1, 0.15) is 6.92 Å². The number of anilines is 1. The molecular weight excluding hydrogens is 266 g/mol. The Kier molecular flexibility index (Phi) is 3.28. The molecule has 0 radical (unpaired) electrons. The van der Waals surface area contributed by atoms with Crippen molar-refractivity contribution in [2.75, 3.05) is 5.32 Å². The fourth-order valence-electron chi connectivity index (χ4n) is 2.18. The highest BCUT2D eigenvalue weighted by atomic mass is 16.3. The molecule has 0 saturated heterocycles. The van der Waals surface area contributed by atoms with Gasteiger partial charge in [0.25, 0.3) is 0 Å². The summed E-state index contributed by atoms with van der Waals surface area (Å²) in [6.45, 7) is 1.43. The van der Waals surface area contributed by atoms with E-state index in [1.807, 2.05) is 30.3 Å². The molecule has 0 aliphatic carbocycles. The molecule has 2 aromatic carbocycles.